The van der Waals surface area contributed by atoms with Crippen LogP contribution in [-0.2, 0) is 4.79 Å². The summed E-state index contributed by atoms with van der Waals surface area (Å²) >= 11 is 0. The molecule has 2 rings (SSSR count). The molecule has 0 N–H and O–H groups in total. The average molecular weight is 217 g/mol. The van der Waals surface area contributed by atoms with Gasteiger partial charge in [-0.05, 0) is 44.4 Å². The monoisotopic (exact) mass is 217 g/mol. The molecule has 86 valence electrons. The second-order valence-corrected chi connectivity index (χ2v) is 4.50. The molecular formula is C14H19NO. The van der Waals surface area contributed by atoms with Crippen LogP contribution in [0.3, 0.4) is 0 Å². The topological polar surface area (TPSA) is 20.3 Å². The maximum atomic E-state index is 11.8. The Bertz CT molecular complexity index is 386. The highest BCUT2D eigenvalue weighted by Gasteiger charge is 2.29. The molecule has 1 aromatic rings. The zero-order valence-corrected chi connectivity index (χ0v) is 10.1. The summed E-state index contributed by atoms with van der Waals surface area (Å²) in [6.45, 7) is 5.11. The number of hydrogen-bond acceptors (Lipinski definition) is 2. The van der Waals surface area contributed by atoms with Gasteiger partial charge in [-0.2, -0.15) is 0 Å². The molecule has 0 radical (unpaired) electrons. The van der Waals surface area contributed by atoms with Crippen molar-refractivity contribution < 1.29 is 4.79 Å². The van der Waals surface area contributed by atoms with Gasteiger partial charge >= 0.3 is 0 Å². The molecule has 2 nitrogen and oxygen atoms in total. The van der Waals surface area contributed by atoms with Crippen molar-refractivity contribution in [1.82, 2.24) is 0 Å². The number of carbonyl (C=O) groups is 1. The van der Waals surface area contributed by atoms with Crippen LogP contribution in [0.1, 0.15) is 31.7 Å². The summed E-state index contributed by atoms with van der Waals surface area (Å²) in [6, 6.07) is 8.53. The SMILES string of the molecule is CCN(c1cccc(C)c1)C1CCCC1=O. The Morgan fingerprint density at radius 1 is 1.44 bits per heavy atom. The summed E-state index contributed by atoms with van der Waals surface area (Å²) in [5.41, 5.74) is 2.43. The van der Waals surface area contributed by atoms with Crippen molar-refractivity contribution in [3.63, 3.8) is 0 Å². The van der Waals surface area contributed by atoms with Crippen LogP contribution in [0, 0.1) is 6.92 Å². The van der Waals surface area contributed by atoms with Crippen molar-refractivity contribution >= 4 is 11.5 Å². The number of aryl methyl sites for hydroxylation is 1. The third-order valence-corrected chi connectivity index (χ3v) is 3.32. The molecule has 1 unspecified atom stereocenters. The van der Waals surface area contributed by atoms with Crippen molar-refractivity contribution in [2.24, 2.45) is 0 Å². The molecular weight excluding hydrogens is 198 g/mol. The minimum Gasteiger partial charge on any atom is -0.362 e. The Labute approximate surface area is 97.3 Å². The van der Waals surface area contributed by atoms with E-state index in [1.54, 1.807) is 0 Å². The highest BCUT2D eigenvalue weighted by molar-refractivity contribution is 5.89. The molecule has 1 saturated carbocycles. The highest BCUT2D eigenvalue weighted by atomic mass is 16.1. The predicted molar refractivity (Wildman–Crippen MR) is 66.8 cm³/mol. The number of hydrogen-bond donors (Lipinski definition) is 0. The number of carbonyl (C=O) groups excluding carboxylic acids is 1. The van der Waals surface area contributed by atoms with Gasteiger partial charge in [0.25, 0.3) is 0 Å². The van der Waals surface area contributed by atoms with Crippen molar-refractivity contribution in [3.8, 4) is 0 Å². The highest BCUT2D eigenvalue weighted by Crippen LogP contribution is 2.26. The van der Waals surface area contributed by atoms with E-state index in [4.69, 9.17) is 0 Å². The molecule has 1 aromatic carbocycles. The molecule has 1 aliphatic carbocycles. The van der Waals surface area contributed by atoms with Crippen molar-refractivity contribution in [3.05, 3.63) is 29.8 Å². The number of anilines is 1. The van der Waals surface area contributed by atoms with E-state index in [1.807, 2.05) is 0 Å². The molecule has 0 heterocycles. The summed E-state index contributed by atoms with van der Waals surface area (Å²) in [5.74, 6) is 0.406. The first-order valence-corrected chi connectivity index (χ1v) is 6.08. The molecule has 0 amide bonds. The van der Waals surface area contributed by atoms with Crippen molar-refractivity contribution in [2.75, 3.05) is 11.4 Å². The standard InChI is InChI=1S/C14H19NO/c1-3-15(13-8-5-9-14(13)16)12-7-4-6-11(2)10-12/h4,6-7,10,13H,3,5,8-9H2,1-2H3. The number of Topliss-reactive ketones (excluding diaryl/α,β-unsaturated/α-hetero) is 1. The molecule has 0 bridgehead atoms. The Kier molecular flexibility index (Phi) is 3.28. The molecule has 1 atom stereocenters. The molecule has 16 heavy (non-hydrogen) atoms. The maximum Gasteiger partial charge on any atom is 0.155 e. The Morgan fingerprint density at radius 2 is 2.25 bits per heavy atom. The summed E-state index contributed by atoms with van der Waals surface area (Å²) < 4.78 is 0. The minimum atomic E-state index is 0.117. The molecule has 0 saturated heterocycles. The van der Waals surface area contributed by atoms with Crippen LogP contribution in [0.5, 0.6) is 0 Å². The van der Waals surface area contributed by atoms with E-state index in [9.17, 15) is 4.79 Å². The van der Waals surface area contributed by atoms with E-state index in [-0.39, 0.29) is 6.04 Å². The molecule has 0 aromatic heterocycles. The predicted octanol–water partition coefficient (Wildman–Crippen LogP) is 2.94. The van der Waals surface area contributed by atoms with E-state index in [2.05, 4.69) is 43.0 Å². The lowest BCUT2D eigenvalue weighted by atomic mass is 10.1. The second-order valence-electron chi connectivity index (χ2n) is 4.50. The van der Waals surface area contributed by atoms with Crippen LogP contribution in [0.25, 0.3) is 0 Å². The van der Waals surface area contributed by atoms with Crippen LogP contribution in [0.15, 0.2) is 24.3 Å². The molecule has 2 heteroatoms. The largest absolute Gasteiger partial charge is 0.362 e. The van der Waals surface area contributed by atoms with E-state index >= 15 is 0 Å². The zero-order chi connectivity index (χ0) is 11.5. The van der Waals surface area contributed by atoms with Gasteiger partial charge in [-0.1, -0.05) is 12.1 Å². The van der Waals surface area contributed by atoms with E-state index in [0.717, 1.165) is 25.8 Å². The van der Waals surface area contributed by atoms with Gasteiger partial charge in [0.15, 0.2) is 5.78 Å². The lowest BCUT2D eigenvalue weighted by Gasteiger charge is -2.29. The third kappa shape index (κ3) is 2.11. The Balaban J connectivity index is 2.25. The number of benzene rings is 1. The van der Waals surface area contributed by atoms with Gasteiger partial charge in [0, 0.05) is 18.7 Å². The molecule has 0 aliphatic heterocycles. The van der Waals surface area contributed by atoms with Gasteiger partial charge in [-0.25, -0.2) is 0 Å². The Morgan fingerprint density at radius 3 is 2.81 bits per heavy atom. The quantitative estimate of drug-likeness (QED) is 0.776. The van der Waals surface area contributed by atoms with Gasteiger partial charge in [0.1, 0.15) is 0 Å². The van der Waals surface area contributed by atoms with E-state index in [0.29, 0.717) is 5.78 Å². The van der Waals surface area contributed by atoms with Crippen LogP contribution in [0.4, 0.5) is 5.69 Å². The fraction of sp³-hybridized carbons (Fsp3) is 0.500. The van der Waals surface area contributed by atoms with Crippen molar-refractivity contribution in [1.29, 1.82) is 0 Å². The second kappa shape index (κ2) is 4.69. The van der Waals surface area contributed by atoms with Crippen LogP contribution < -0.4 is 4.90 Å². The van der Waals surface area contributed by atoms with Gasteiger partial charge in [-0.3, -0.25) is 4.79 Å². The van der Waals surface area contributed by atoms with Crippen LogP contribution in [0.2, 0.25) is 0 Å². The van der Waals surface area contributed by atoms with Crippen molar-refractivity contribution in [2.45, 2.75) is 39.2 Å². The summed E-state index contributed by atoms with van der Waals surface area (Å²) in [4.78, 5) is 14.0. The molecule has 1 aliphatic rings. The molecule has 1 fully saturated rings. The number of rotatable bonds is 3. The maximum absolute atomic E-state index is 11.8. The van der Waals surface area contributed by atoms with Gasteiger partial charge < -0.3 is 4.90 Å². The van der Waals surface area contributed by atoms with Crippen LogP contribution in [-0.4, -0.2) is 18.4 Å². The lowest BCUT2D eigenvalue weighted by Crippen LogP contribution is -2.38. The van der Waals surface area contributed by atoms with Gasteiger partial charge in [0.05, 0.1) is 6.04 Å². The first-order valence-electron chi connectivity index (χ1n) is 6.08. The number of nitrogens with zero attached hydrogens (tertiary/aromatic N) is 1. The third-order valence-electron chi connectivity index (χ3n) is 3.32. The van der Waals surface area contributed by atoms with E-state index in [1.165, 1.54) is 11.3 Å². The van der Waals surface area contributed by atoms with E-state index < -0.39 is 0 Å². The van der Waals surface area contributed by atoms with Gasteiger partial charge in [0.2, 0.25) is 0 Å². The van der Waals surface area contributed by atoms with Gasteiger partial charge in [-0.15, -0.1) is 0 Å². The number of ketones is 1. The fourth-order valence-electron chi connectivity index (χ4n) is 2.52. The summed E-state index contributed by atoms with van der Waals surface area (Å²) in [5, 5.41) is 0. The minimum absolute atomic E-state index is 0.117. The summed E-state index contributed by atoms with van der Waals surface area (Å²) in [6.07, 6.45) is 2.82. The average Bonchev–Trinajstić information content (AvgIpc) is 2.67. The number of likely N-dealkylation sites (N-methyl/N-ethyl adjacent to an activating group) is 1. The summed E-state index contributed by atoms with van der Waals surface area (Å²) in [7, 11) is 0. The zero-order valence-electron chi connectivity index (χ0n) is 10.1. The molecule has 0 spiro atoms. The first-order chi connectivity index (χ1) is 7.72. The first kappa shape index (κ1) is 11.2. The lowest BCUT2D eigenvalue weighted by molar-refractivity contribution is -0.118. The normalized spacial score (nSPS) is 20.1. The van der Waals surface area contributed by atoms with Crippen LogP contribution >= 0.6 is 0 Å². The smallest absolute Gasteiger partial charge is 0.155 e. The Hall–Kier alpha value is -1.31. The fourth-order valence-corrected chi connectivity index (χ4v) is 2.52.